The van der Waals surface area contributed by atoms with Crippen molar-refractivity contribution in [2.45, 2.75) is 32.1 Å². The average molecular weight is 447 g/mol. The minimum Gasteiger partial charge on any atom is -0.451 e. The zero-order chi connectivity index (χ0) is 23.5. The molecule has 0 aliphatic rings. The van der Waals surface area contributed by atoms with Crippen molar-refractivity contribution in [2.75, 3.05) is 5.32 Å². The minimum atomic E-state index is -1.06. The van der Waals surface area contributed by atoms with Crippen molar-refractivity contribution in [3.05, 3.63) is 102 Å². The minimum absolute atomic E-state index is 0.0651. The smallest absolute Gasteiger partial charge is 0.408 e. The molecule has 0 saturated heterocycles. The summed E-state index contributed by atoms with van der Waals surface area (Å²) in [6.45, 7) is 1.54. The van der Waals surface area contributed by atoms with Gasteiger partial charge < -0.3 is 20.1 Å². The highest BCUT2D eigenvalue weighted by Gasteiger charge is 2.27. The zero-order valence-electron chi connectivity index (χ0n) is 18.3. The summed E-state index contributed by atoms with van der Waals surface area (Å²) in [6.07, 6.45) is -1.62. The number of hydrogen-bond acceptors (Lipinski definition) is 5. The number of hydrogen-bond donors (Lipinski definition) is 2. The fourth-order valence-electron chi connectivity index (χ4n) is 3.03. The maximum Gasteiger partial charge on any atom is 0.408 e. The molecule has 7 heteroatoms. The van der Waals surface area contributed by atoms with E-state index in [-0.39, 0.29) is 13.0 Å². The van der Waals surface area contributed by atoms with Gasteiger partial charge in [-0.2, -0.15) is 0 Å². The molecule has 0 spiro atoms. The number of anilines is 1. The van der Waals surface area contributed by atoms with Gasteiger partial charge >= 0.3 is 12.1 Å². The monoisotopic (exact) mass is 446 g/mol. The second kappa shape index (κ2) is 12.0. The first-order valence-electron chi connectivity index (χ1n) is 10.6. The van der Waals surface area contributed by atoms with Crippen LogP contribution in [-0.2, 0) is 32.1 Å². The van der Waals surface area contributed by atoms with E-state index in [0.717, 1.165) is 11.1 Å². The Morgan fingerprint density at radius 2 is 1.33 bits per heavy atom. The highest BCUT2D eigenvalue weighted by atomic mass is 16.6. The van der Waals surface area contributed by atoms with Crippen molar-refractivity contribution in [1.82, 2.24) is 5.32 Å². The van der Waals surface area contributed by atoms with E-state index in [1.54, 1.807) is 24.3 Å². The van der Waals surface area contributed by atoms with Crippen molar-refractivity contribution in [1.29, 1.82) is 0 Å². The van der Waals surface area contributed by atoms with Crippen LogP contribution in [0.2, 0.25) is 0 Å². The van der Waals surface area contributed by atoms with Crippen LogP contribution in [-0.4, -0.2) is 30.1 Å². The lowest BCUT2D eigenvalue weighted by Crippen LogP contribution is -2.45. The molecule has 0 aliphatic heterocycles. The summed E-state index contributed by atoms with van der Waals surface area (Å²) < 4.78 is 10.6. The van der Waals surface area contributed by atoms with Gasteiger partial charge in [-0.25, -0.2) is 9.59 Å². The first-order chi connectivity index (χ1) is 16.0. The molecule has 0 aliphatic carbocycles. The van der Waals surface area contributed by atoms with E-state index in [1.165, 1.54) is 6.92 Å². The Hall–Kier alpha value is -4.13. The summed E-state index contributed by atoms with van der Waals surface area (Å²) in [5.74, 6) is -1.20. The largest absolute Gasteiger partial charge is 0.451 e. The lowest BCUT2D eigenvalue weighted by atomic mass is 10.1. The van der Waals surface area contributed by atoms with Crippen LogP contribution in [0.1, 0.15) is 18.1 Å². The predicted molar refractivity (Wildman–Crippen MR) is 124 cm³/mol. The van der Waals surface area contributed by atoms with Crippen LogP contribution in [0, 0.1) is 0 Å². The number of alkyl carbamates (subject to hydrolysis) is 1. The molecule has 3 aromatic rings. The van der Waals surface area contributed by atoms with Crippen molar-refractivity contribution in [3.63, 3.8) is 0 Å². The first kappa shape index (κ1) is 23.5. The van der Waals surface area contributed by atoms with Gasteiger partial charge in [0.2, 0.25) is 0 Å². The molecule has 33 heavy (non-hydrogen) atoms. The van der Waals surface area contributed by atoms with Crippen molar-refractivity contribution in [2.24, 2.45) is 0 Å². The Morgan fingerprint density at radius 3 is 1.94 bits per heavy atom. The number of rotatable bonds is 9. The molecule has 0 heterocycles. The molecule has 0 saturated carbocycles. The Bertz CT molecular complexity index is 1040. The summed E-state index contributed by atoms with van der Waals surface area (Å²) in [7, 11) is 0. The number of amides is 2. The van der Waals surface area contributed by atoms with Gasteiger partial charge in [-0.3, -0.25) is 4.79 Å². The third-order valence-corrected chi connectivity index (χ3v) is 4.78. The Morgan fingerprint density at radius 1 is 0.788 bits per heavy atom. The van der Waals surface area contributed by atoms with E-state index in [4.69, 9.17) is 9.47 Å². The molecule has 3 aromatic carbocycles. The number of benzene rings is 3. The molecule has 0 bridgehead atoms. The third kappa shape index (κ3) is 7.81. The van der Waals surface area contributed by atoms with Crippen LogP contribution in [0.25, 0.3) is 0 Å². The third-order valence-electron chi connectivity index (χ3n) is 4.78. The van der Waals surface area contributed by atoms with Crippen LogP contribution in [0.15, 0.2) is 91.0 Å². The maximum atomic E-state index is 12.9. The van der Waals surface area contributed by atoms with E-state index < -0.39 is 30.1 Å². The lowest BCUT2D eigenvalue weighted by molar-refractivity contribution is -0.155. The Balaban J connectivity index is 1.61. The molecular weight excluding hydrogens is 420 g/mol. The summed E-state index contributed by atoms with van der Waals surface area (Å²) in [6, 6.07) is 26.2. The Kier molecular flexibility index (Phi) is 8.59. The van der Waals surface area contributed by atoms with Crippen LogP contribution in [0.4, 0.5) is 10.5 Å². The van der Waals surface area contributed by atoms with Crippen LogP contribution < -0.4 is 10.6 Å². The number of carbonyl (C=O) groups excluding carboxylic acids is 3. The van der Waals surface area contributed by atoms with Crippen LogP contribution in [0.5, 0.6) is 0 Å². The lowest BCUT2D eigenvalue weighted by Gasteiger charge is -2.20. The maximum absolute atomic E-state index is 12.9. The number of nitrogens with one attached hydrogen (secondary N) is 2. The second-order valence-electron chi connectivity index (χ2n) is 7.38. The first-order valence-corrected chi connectivity index (χ1v) is 10.6. The van der Waals surface area contributed by atoms with Gasteiger partial charge in [0.15, 0.2) is 6.10 Å². The predicted octanol–water partition coefficient (Wildman–Crippen LogP) is 4.09. The molecule has 7 nitrogen and oxygen atoms in total. The van der Waals surface area contributed by atoms with Crippen molar-refractivity contribution in [3.8, 4) is 0 Å². The van der Waals surface area contributed by atoms with Crippen LogP contribution >= 0.6 is 0 Å². The standard InChI is InChI=1S/C26H26N2O5/c1-19(24(29)27-22-15-9-4-10-16-22)33-25(30)23(17-20-11-5-2-6-12-20)28-26(31)32-18-21-13-7-3-8-14-21/h2-16,19,23H,17-18H2,1H3,(H,27,29)(H,28,31)/t19?,23-/m0/s1. The average Bonchev–Trinajstić information content (AvgIpc) is 2.84. The zero-order valence-corrected chi connectivity index (χ0v) is 18.3. The highest BCUT2D eigenvalue weighted by Crippen LogP contribution is 2.10. The fraction of sp³-hybridized carbons (Fsp3) is 0.192. The van der Waals surface area contributed by atoms with Gasteiger partial charge in [-0.1, -0.05) is 78.9 Å². The molecule has 0 aromatic heterocycles. The summed E-state index contributed by atoms with van der Waals surface area (Å²) in [5.41, 5.74) is 2.24. The second-order valence-corrected chi connectivity index (χ2v) is 7.38. The van der Waals surface area contributed by atoms with Gasteiger partial charge in [0.05, 0.1) is 0 Å². The fourth-order valence-corrected chi connectivity index (χ4v) is 3.03. The molecule has 2 N–H and O–H groups in total. The normalized spacial score (nSPS) is 12.2. The number of ether oxygens (including phenoxy) is 2. The SMILES string of the molecule is CC(OC(=O)[C@H](Cc1ccccc1)NC(=O)OCc1ccccc1)C(=O)Nc1ccccc1. The molecular formula is C26H26N2O5. The highest BCUT2D eigenvalue weighted by molar-refractivity contribution is 5.95. The summed E-state index contributed by atoms with van der Waals surface area (Å²) in [4.78, 5) is 37.6. The van der Waals surface area contributed by atoms with E-state index in [2.05, 4.69) is 10.6 Å². The van der Waals surface area contributed by atoms with Crippen molar-refractivity contribution < 1.29 is 23.9 Å². The summed E-state index contributed by atoms with van der Waals surface area (Å²) in [5, 5.41) is 5.25. The van der Waals surface area contributed by atoms with E-state index in [0.29, 0.717) is 5.69 Å². The van der Waals surface area contributed by atoms with Crippen LogP contribution in [0.3, 0.4) is 0 Å². The number of esters is 1. The molecule has 2 atom stereocenters. The van der Waals surface area contributed by atoms with E-state index in [1.807, 2.05) is 66.7 Å². The van der Waals surface area contributed by atoms with Gasteiger partial charge in [0.25, 0.3) is 5.91 Å². The molecule has 3 rings (SSSR count). The molecule has 2 amide bonds. The molecule has 0 fully saturated rings. The summed E-state index contributed by atoms with van der Waals surface area (Å²) >= 11 is 0. The van der Waals surface area contributed by atoms with E-state index >= 15 is 0 Å². The molecule has 0 radical (unpaired) electrons. The number of carbonyl (C=O) groups is 3. The van der Waals surface area contributed by atoms with Gasteiger partial charge in [-0.05, 0) is 30.2 Å². The van der Waals surface area contributed by atoms with Gasteiger partial charge in [-0.15, -0.1) is 0 Å². The molecule has 170 valence electrons. The Labute approximate surface area is 192 Å². The van der Waals surface area contributed by atoms with Gasteiger partial charge in [0, 0.05) is 12.1 Å². The van der Waals surface area contributed by atoms with E-state index in [9.17, 15) is 14.4 Å². The topological polar surface area (TPSA) is 93.7 Å². The van der Waals surface area contributed by atoms with Crippen molar-refractivity contribution >= 4 is 23.7 Å². The molecule has 1 unspecified atom stereocenters. The quantitative estimate of drug-likeness (QED) is 0.483. The van der Waals surface area contributed by atoms with Gasteiger partial charge in [0.1, 0.15) is 12.6 Å². The number of para-hydroxylation sites is 1.